The van der Waals surface area contributed by atoms with Crippen molar-refractivity contribution < 1.29 is 13.2 Å². The van der Waals surface area contributed by atoms with Crippen LogP contribution >= 0.6 is 12.4 Å². The largest absolute Gasteiger partial charge is 0.416 e. The zero-order valence-corrected chi connectivity index (χ0v) is 12.8. The zero-order valence-electron chi connectivity index (χ0n) is 12.0. The number of hydrogen-bond acceptors (Lipinski definition) is 2. The number of para-hydroxylation sites is 1. The monoisotopic (exact) mass is 340 g/mol. The smallest absolute Gasteiger partial charge is 0.268 e. The minimum absolute atomic E-state index is 0. The van der Waals surface area contributed by atoms with Crippen LogP contribution in [0.4, 0.5) is 13.2 Å². The lowest BCUT2D eigenvalue weighted by Gasteiger charge is -2.13. The van der Waals surface area contributed by atoms with Crippen molar-refractivity contribution in [3.63, 3.8) is 0 Å². The quantitative estimate of drug-likeness (QED) is 0.667. The molecule has 0 aliphatic carbocycles. The molecule has 1 heterocycles. The standard InChI is InChI=1S/C16H11F3N2O.ClH/c1-10-20-14-8-3-2-7-13(14)15(22)21(10)12-6-4-5-11(9-12)16(17,18)19;/h2-9H,1H3;1H. The van der Waals surface area contributed by atoms with Gasteiger partial charge < -0.3 is 0 Å². The lowest BCUT2D eigenvalue weighted by atomic mass is 10.2. The van der Waals surface area contributed by atoms with Crippen LogP contribution in [0.1, 0.15) is 11.4 Å². The van der Waals surface area contributed by atoms with Gasteiger partial charge in [0.1, 0.15) is 5.82 Å². The topological polar surface area (TPSA) is 34.9 Å². The molecule has 0 amide bonds. The van der Waals surface area contributed by atoms with Crippen LogP contribution in [0.3, 0.4) is 0 Å². The van der Waals surface area contributed by atoms with Gasteiger partial charge in [-0.15, -0.1) is 12.4 Å². The Morgan fingerprint density at radius 1 is 1.04 bits per heavy atom. The SMILES string of the molecule is Cc1nc2ccccc2c(=O)n1-c1cccc(C(F)(F)F)c1.Cl. The van der Waals surface area contributed by atoms with Crippen molar-refractivity contribution in [3.05, 3.63) is 70.3 Å². The van der Waals surface area contributed by atoms with Gasteiger partial charge in [-0.3, -0.25) is 9.36 Å². The first kappa shape index (κ1) is 17.0. The molecule has 1 aromatic heterocycles. The maximum Gasteiger partial charge on any atom is 0.416 e. The third-order valence-corrected chi connectivity index (χ3v) is 3.38. The van der Waals surface area contributed by atoms with Gasteiger partial charge >= 0.3 is 6.18 Å². The summed E-state index contributed by atoms with van der Waals surface area (Å²) in [5, 5.41) is 0.366. The Bertz CT molecular complexity index is 919. The molecule has 0 unspecified atom stereocenters. The van der Waals surface area contributed by atoms with Gasteiger partial charge in [0.15, 0.2) is 0 Å². The highest BCUT2D eigenvalue weighted by atomic mass is 35.5. The van der Waals surface area contributed by atoms with E-state index in [0.29, 0.717) is 16.7 Å². The number of aryl methyl sites for hydroxylation is 1. The van der Waals surface area contributed by atoms with E-state index in [1.807, 2.05) is 0 Å². The molecule has 0 aliphatic rings. The number of nitrogens with zero attached hydrogens (tertiary/aromatic N) is 2. The van der Waals surface area contributed by atoms with Crippen molar-refractivity contribution in [3.8, 4) is 5.69 Å². The predicted octanol–water partition coefficient (Wildman–Crippen LogP) is 4.13. The fraction of sp³-hybridized carbons (Fsp3) is 0.125. The summed E-state index contributed by atoms with van der Waals surface area (Å²) in [5.74, 6) is 0.336. The lowest BCUT2D eigenvalue weighted by molar-refractivity contribution is -0.137. The van der Waals surface area contributed by atoms with E-state index in [1.165, 1.54) is 16.7 Å². The maximum atomic E-state index is 12.8. The minimum atomic E-state index is -4.46. The first-order valence-corrected chi connectivity index (χ1v) is 6.54. The fourth-order valence-electron chi connectivity index (χ4n) is 2.37. The Morgan fingerprint density at radius 2 is 1.74 bits per heavy atom. The second kappa shape index (κ2) is 6.04. The molecule has 0 spiro atoms. The Morgan fingerprint density at radius 3 is 2.43 bits per heavy atom. The van der Waals surface area contributed by atoms with Crippen molar-refractivity contribution in [2.75, 3.05) is 0 Å². The van der Waals surface area contributed by atoms with Crippen LogP contribution in [0.2, 0.25) is 0 Å². The summed E-state index contributed by atoms with van der Waals surface area (Å²) in [7, 11) is 0. The Kier molecular flexibility index (Phi) is 4.47. The summed E-state index contributed by atoms with van der Waals surface area (Å²) in [4.78, 5) is 16.8. The molecule has 0 bridgehead atoms. The van der Waals surface area contributed by atoms with E-state index in [9.17, 15) is 18.0 Å². The van der Waals surface area contributed by atoms with E-state index in [4.69, 9.17) is 0 Å². The summed E-state index contributed by atoms with van der Waals surface area (Å²) in [6.07, 6.45) is -4.46. The summed E-state index contributed by atoms with van der Waals surface area (Å²) < 4.78 is 39.7. The van der Waals surface area contributed by atoms with Crippen LogP contribution in [0.5, 0.6) is 0 Å². The molecule has 120 valence electrons. The molecule has 0 saturated carbocycles. The molecular formula is C16H12ClF3N2O. The van der Waals surface area contributed by atoms with E-state index in [-0.39, 0.29) is 23.7 Å². The van der Waals surface area contributed by atoms with Gasteiger partial charge in [0, 0.05) is 0 Å². The summed E-state index contributed by atoms with van der Waals surface area (Å²) >= 11 is 0. The first-order valence-electron chi connectivity index (χ1n) is 6.54. The van der Waals surface area contributed by atoms with Gasteiger partial charge in [-0.05, 0) is 37.3 Å². The number of hydrogen-bond donors (Lipinski definition) is 0. The van der Waals surface area contributed by atoms with Gasteiger partial charge in [-0.25, -0.2) is 4.98 Å². The van der Waals surface area contributed by atoms with Gasteiger partial charge in [-0.1, -0.05) is 18.2 Å². The van der Waals surface area contributed by atoms with Crippen molar-refractivity contribution in [1.29, 1.82) is 0 Å². The lowest BCUT2D eigenvalue weighted by Crippen LogP contribution is -2.22. The van der Waals surface area contributed by atoms with E-state index < -0.39 is 11.7 Å². The van der Waals surface area contributed by atoms with Crippen molar-refractivity contribution in [2.24, 2.45) is 0 Å². The third kappa shape index (κ3) is 3.07. The van der Waals surface area contributed by atoms with Gasteiger partial charge in [0.2, 0.25) is 0 Å². The highest BCUT2D eigenvalue weighted by Crippen LogP contribution is 2.30. The first-order chi connectivity index (χ1) is 10.4. The molecule has 0 radical (unpaired) electrons. The molecule has 7 heteroatoms. The molecule has 0 aliphatic heterocycles. The number of aromatic nitrogens is 2. The maximum absolute atomic E-state index is 12.8. The van der Waals surface area contributed by atoms with E-state index >= 15 is 0 Å². The summed E-state index contributed by atoms with van der Waals surface area (Å²) in [6, 6.07) is 11.4. The van der Waals surface area contributed by atoms with Crippen molar-refractivity contribution >= 4 is 23.3 Å². The highest BCUT2D eigenvalue weighted by molar-refractivity contribution is 5.85. The Hall–Kier alpha value is -2.34. The van der Waals surface area contributed by atoms with Crippen LogP contribution in [0.15, 0.2) is 53.3 Å². The van der Waals surface area contributed by atoms with Gasteiger partial charge in [-0.2, -0.15) is 13.2 Å². The molecule has 3 rings (SSSR count). The van der Waals surface area contributed by atoms with Crippen LogP contribution < -0.4 is 5.56 Å². The minimum Gasteiger partial charge on any atom is -0.268 e. The molecule has 3 nitrogen and oxygen atoms in total. The zero-order chi connectivity index (χ0) is 15.9. The Labute approximate surface area is 135 Å². The van der Waals surface area contributed by atoms with Gasteiger partial charge in [0.05, 0.1) is 22.2 Å². The average Bonchev–Trinajstić information content (AvgIpc) is 2.47. The summed E-state index contributed by atoms with van der Waals surface area (Å²) in [6.45, 7) is 1.59. The number of alkyl halides is 3. The van der Waals surface area contributed by atoms with Crippen molar-refractivity contribution in [2.45, 2.75) is 13.1 Å². The van der Waals surface area contributed by atoms with Crippen molar-refractivity contribution in [1.82, 2.24) is 9.55 Å². The van der Waals surface area contributed by atoms with Crippen LogP contribution in [0, 0.1) is 6.92 Å². The number of fused-ring (bicyclic) bond motifs is 1. The summed E-state index contributed by atoms with van der Waals surface area (Å²) in [5.41, 5.74) is -0.518. The second-order valence-corrected chi connectivity index (χ2v) is 4.86. The molecule has 0 atom stereocenters. The number of benzene rings is 2. The van der Waals surface area contributed by atoms with E-state index in [0.717, 1.165) is 12.1 Å². The van der Waals surface area contributed by atoms with Crippen LogP contribution in [0.25, 0.3) is 16.6 Å². The molecule has 0 N–H and O–H groups in total. The normalized spacial score (nSPS) is 11.3. The number of rotatable bonds is 1. The fourth-order valence-corrected chi connectivity index (χ4v) is 2.37. The predicted molar refractivity (Wildman–Crippen MR) is 84.3 cm³/mol. The second-order valence-electron chi connectivity index (χ2n) is 4.86. The van der Waals surface area contributed by atoms with Crippen LogP contribution in [-0.4, -0.2) is 9.55 Å². The molecule has 3 aromatic rings. The van der Waals surface area contributed by atoms with Crippen LogP contribution in [-0.2, 0) is 6.18 Å². The third-order valence-electron chi connectivity index (χ3n) is 3.38. The molecular weight excluding hydrogens is 329 g/mol. The Balaban J connectivity index is 0.00000192. The number of halogens is 4. The highest BCUT2D eigenvalue weighted by Gasteiger charge is 2.30. The molecule has 0 saturated heterocycles. The molecule has 23 heavy (non-hydrogen) atoms. The van der Waals surface area contributed by atoms with Gasteiger partial charge in [0.25, 0.3) is 5.56 Å². The van der Waals surface area contributed by atoms with E-state index in [1.54, 1.807) is 31.2 Å². The molecule has 2 aromatic carbocycles. The molecule has 0 fully saturated rings. The average molecular weight is 341 g/mol. The van der Waals surface area contributed by atoms with E-state index in [2.05, 4.69) is 4.98 Å².